The van der Waals surface area contributed by atoms with Gasteiger partial charge >= 0.3 is 0 Å². The van der Waals surface area contributed by atoms with Gasteiger partial charge in [0.25, 0.3) is 0 Å². The Bertz CT molecular complexity index is 445. The molecule has 2 rings (SSSR count). The standard InChI is InChI=1S/C12H9ClOS/c13-11-3-1-9(2-4-11)7-12(14)10-5-6-15-8-10/h1-6,8H,7H2. The van der Waals surface area contributed by atoms with E-state index in [9.17, 15) is 4.79 Å². The molecule has 1 aromatic carbocycles. The van der Waals surface area contributed by atoms with E-state index < -0.39 is 0 Å². The number of benzene rings is 1. The molecule has 0 amide bonds. The molecule has 0 aliphatic carbocycles. The Hall–Kier alpha value is -1.12. The highest BCUT2D eigenvalue weighted by atomic mass is 35.5. The Morgan fingerprint density at radius 2 is 1.93 bits per heavy atom. The summed E-state index contributed by atoms with van der Waals surface area (Å²) in [6.45, 7) is 0. The van der Waals surface area contributed by atoms with Gasteiger partial charge in [-0.05, 0) is 29.1 Å². The molecule has 2 aromatic rings. The van der Waals surface area contributed by atoms with Gasteiger partial charge in [-0.1, -0.05) is 23.7 Å². The molecule has 3 heteroatoms. The van der Waals surface area contributed by atoms with Crippen LogP contribution in [0.3, 0.4) is 0 Å². The van der Waals surface area contributed by atoms with Gasteiger partial charge in [-0.3, -0.25) is 4.79 Å². The summed E-state index contributed by atoms with van der Waals surface area (Å²) in [6, 6.07) is 9.22. The van der Waals surface area contributed by atoms with E-state index in [0.29, 0.717) is 11.4 Å². The van der Waals surface area contributed by atoms with Crippen LogP contribution in [0.5, 0.6) is 0 Å². The molecule has 0 bridgehead atoms. The van der Waals surface area contributed by atoms with Crippen LogP contribution in [0.25, 0.3) is 0 Å². The van der Waals surface area contributed by atoms with Gasteiger partial charge in [0.2, 0.25) is 0 Å². The van der Waals surface area contributed by atoms with Gasteiger partial charge in [0.15, 0.2) is 5.78 Å². The highest BCUT2D eigenvalue weighted by molar-refractivity contribution is 7.08. The van der Waals surface area contributed by atoms with E-state index in [1.165, 1.54) is 11.3 Å². The van der Waals surface area contributed by atoms with Crippen LogP contribution in [0.15, 0.2) is 41.1 Å². The lowest BCUT2D eigenvalue weighted by molar-refractivity contribution is 0.0993. The molecule has 1 heterocycles. The van der Waals surface area contributed by atoms with Crippen molar-refractivity contribution in [2.45, 2.75) is 6.42 Å². The molecule has 0 unspecified atom stereocenters. The average Bonchev–Trinajstić information content (AvgIpc) is 2.74. The molecular weight excluding hydrogens is 228 g/mol. The SMILES string of the molecule is O=C(Cc1ccc(Cl)cc1)c1ccsc1. The lowest BCUT2D eigenvalue weighted by Crippen LogP contribution is -2.01. The summed E-state index contributed by atoms with van der Waals surface area (Å²) >= 11 is 7.30. The Kier molecular flexibility index (Phi) is 3.19. The lowest BCUT2D eigenvalue weighted by atomic mass is 10.1. The molecular formula is C12H9ClOS. The molecule has 15 heavy (non-hydrogen) atoms. The van der Waals surface area contributed by atoms with E-state index in [1.807, 2.05) is 29.0 Å². The summed E-state index contributed by atoms with van der Waals surface area (Å²) in [6.07, 6.45) is 0.438. The molecule has 0 spiro atoms. The summed E-state index contributed by atoms with van der Waals surface area (Å²) in [5.74, 6) is 0.151. The maximum atomic E-state index is 11.7. The van der Waals surface area contributed by atoms with Crippen molar-refractivity contribution >= 4 is 28.7 Å². The summed E-state index contributed by atoms with van der Waals surface area (Å²) in [7, 11) is 0. The molecule has 1 aromatic heterocycles. The van der Waals surface area contributed by atoms with Crippen molar-refractivity contribution in [2.75, 3.05) is 0 Å². The fourth-order valence-corrected chi connectivity index (χ4v) is 2.10. The van der Waals surface area contributed by atoms with Crippen molar-refractivity contribution < 1.29 is 4.79 Å². The van der Waals surface area contributed by atoms with Gasteiger partial charge in [0.05, 0.1) is 0 Å². The maximum Gasteiger partial charge on any atom is 0.168 e. The summed E-state index contributed by atoms with van der Waals surface area (Å²) in [5.41, 5.74) is 1.78. The van der Waals surface area contributed by atoms with Gasteiger partial charge in [0, 0.05) is 22.4 Å². The largest absolute Gasteiger partial charge is 0.294 e. The minimum atomic E-state index is 0.151. The van der Waals surface area contributed by atoms with Crippen molar-refractivity contribution in [1.82, 2.24) is 0 Å². The predicted octanol–water partition coefficient (Wildman–Crippen LogP) is 3.83. The first-order valence-corrected chi connectivity index (χ1v) is 5.87. The zero-order valence-electron chi connectivity index (χ0n) is 7.94. The number of halogens is 1. The van der Waals surface area contributed by atoms with Gasteiger partial charge in [-0.25, -0.2) is 0 Å². The molecule has 0 saturated carbocycles. The summed E-state index contributed by atoms with van der Waals surface area (Å²) < 4.78 is 0. The Morgan fingerprint density at radius 1 is 1.20 bits per heavy atom. The minimum Gasteiger partial charge on any atom is -0.294 e. The van der Waals surface area contributed by atoms with Crippen LogP contribution in [0.1, 0.15) is 15.9 Å². The van der Waals surface area contributed by atoms with E-state index in [1.54, 1.807) is 12.1 Å². The quantitative estimate of drug-likeness (QED) is 0.741. The first-order chi connectivity index (χ1) is 7.25. The number of hydrogen-bond acceptors (Lipinski definition) is 2. The minimum absolute atomic E-state index is 0.151. The third-order valence-corrected chi connectivity index (χ3v) is 3.06. The van der Waals surface area contributed by atoms with E-state index in [0.717, 1.165) is 11.1 Å². The van der Waals surface area contributed by atoms with Crippen molar-refractivity contribution in [3.8, 4) is 0 Å². The fraction of sp³-hybridized carbons (Fsp3) is 0.0833. The Balaban J connectivity index is 2.09. The number of hydrogen-bond donors (Lipinski definition) is 0. The zero-order chi connectivity index (χ0) is 10.7. The molecule has 1 nitrogen and oxygen atoms in total. The number of carbonyl (C=O) groups is 1. The molecule has 0 aliphatic heterocycles. The van der Waals surface area contributed by atoms with E-state index in [4.69, 9.17) is 11.6 Å². The highest BCUT2D eigenvalue weighted by Gasteiger charge is 2.06. The third-order valence-electron chi connectivity index (χ3n) is 2.12. The summed E-state index contributed by atoms with van der Waals surface area (Å²) in [4.78, 5) is 11.7. The number of thiophene rings is 1. The zero-order valence-corrected chi connectivity index (χ0v) is 9.52. The van der Waals surface area contributed by atoms with E-state index in [-0.39, 0.29) is 5.78 Å². The maximum absolute atomic E-state index is 11.7. The first kappa shape index (κ1) is 10.4. The predicted molar refractivity (Wildman–Crippen MR) is 63.8 cm³/mol. The van der Waals surface area contributed by atoms with Crippen LogP contribution in [0, 0.1) is 0 Å². The normalized spacial score (nSPS) is 10.2. The van der Waals surface area contributed by atoms with E-state index >= 15 is 0 Å². The van der Waals surface area contributed by atoms with Gasteiger partial charge < -0.3 is 0 Å². The van der Waals surface area contributed by atoms with Crippen LogP contribution in [-0.4, -0.2) is 5.78 Å². The van der Waals surface area contributed by atoms with Gasteiger partial charge in [0.1, 0.15) is 0 Å². The van der Waals surface area contributed by atoms with Crippen LogP contribution in [0.2, 0.25) is 5.02 Å². The highest BCUT2D eigenvalue weighted by Crippen LogP contribution is 2.13. The molecule has 0 radical (unpaired) electrons. The molecule has 0 atom stereocenters. The topological polar surface area (TPSA) is 17.1 Å². The smallest absolute Gasteiger partial charge is 0.168 e. The van der Waals surface area contributed by atoms with Crippen LogP contribution in [-0.2, 0) is 6.42 Å². The van der Waals surface area contributed by atoms with Crippen LogP contribution >= 0.6 is 22.9 Å². The Morgan fingerprint density at radius 3 is 2.53 bits per heavy atom. The third kappa shape index (κ3) is 2.67. The molecule has 0 aliphatic rings. The second-order valence-corrected chi connectivity index (χ2v) is 4.45. The fourth-order valence-electron chi connectivity index (χ4n) is 1.31. The molecule has 0 saturated heterocycles. The molecule has 76 valence electrons. The Labute approximate surface area is 97.3 Å². The van der Waals surface area contributed by atoms with Crippen molar-refractivity contribution in [3.05, 3.63) is 57.2 Å². The first-order valence-electron chi connectivity index (χ1n) is 4.55. The second-order valence-electron chi connectivity index (χ2n) is 3.24. The van der Waals surface area contributed by atoms with Gasteiger partial charge in [-0.15, -0.1) is 0 Å². The second kappa shape index (κ2) is 4.60. The van der Waals surface area contributed by atoms with Crippen LogP contribution < -0.4 is 0 Å². The van der Waals surface area contributed by atoms with E-state index in [2.05, 4.69) is 0 Å². The number of Topliss-reactive ketones (excluding diaryl/α,β-unsaturated/α-hetero) is 1. The monoisotopic (exact) mass is 236 g/mol. The average molecular weight is 237 g/mol. The van der Waals surface area contributed by atoms with Crippen LogP contribution in [0.4, 0.5) is 0 Å². The number of rotatable bonds is 3. The lowest BCUT2D eigenvalue weighted by Gasteiger charge is -1.99. The van der Waals surface area contributed by atoms with Crippen molar-refractivity contribution in [2.24, 2.45) is 0 Å². The van der Waals surface area contributed by atoms with Gasteiger partial charge in [-0.2, -0.15) is 11.3 Å². The molecule has 0 N–H and O–H groups in total. The van der Waals surface area contributed by atoms with Crippen molar-refractivity contribution in [3.63, 3.8) is 0 Å². The molecule has 0 fully saturated rings. The van der Waals surface area contributed by atoms with Crippen molar-refractivity contribution in [1.29, 1.82) is 0 Å². The number of carbonyl (C=O) groups excluding carboxylic acids is 1. The number of ketones is 1. The summed E-state index contributed by atoms with van der Waals surface area (Å²) in [5, 5.41) is 4.48.